The zero-order valence-corrected chi connectivity index (χ0v) is 18.1. The molecule has 0 fully saturated rings. The highest BCUT2D eigenvalue weighted by molar-refractivity contribution is 5.91. The average molecular weight is 428 g/mol. The zero-order chi connectivity index (χ0) is 22.7. The summed E-state index contributed by atoms with van der Waals surface area (Å²) in [5, 5.41) is 7.95. The minimum Gasteiger partial charge on any atom is -0.493 e. The number of hydrogen-bond acceptors (Lipinski definition) is 5. The lowest BCUT2D eigenvalue weighted by molar-refractivity contribution is -0.120. The molecular weight excluding hydrogens is 398 g/mol. The van der Waals surface area contributed by atoms with Gasteiger partial charge >= 0.3 is 6.09 Å². The molecule has 8 nitrogen and oxygen atoms in total. The van der Waals surface area contributed by atoms with Gasteiger partial charge in [0.2, 0.25) is 11.8 Å². The maximum atomic E-state index is 12.2. The second kappa shape index (κ2) is 11.6. The minimum absolute atomic E-state index is 0.190. The van der Waals surface area contributed by atoms with Crippen molar-refractivity contribution in [2.75, 3.05) is 18.5 Å². The lowest BCUT2D eigenvalue weighted by atomic mass is 10.1. The number of ether oxygens (including phenoxy) is 2. The van der Waals surface area contributed by atoms with Gasteiger partial charge in [0.1, 0.15) is 17.9 Å². The van der Waals surface area contributed by atoms with Gasteiger partial charge in [-0.1, -0.05) is 36.4 Å². The van der Waals surface area contributed by atoms with Crippen LogP contribution in [-0.2, 0) is 20.9 Å². The van der Waals surface area contributed by atoms with Crippen LogP contribution in [0.4, 0.5) is 10.5 Å². The van der Waals surface area contributed by atoms with E-state index in [1.165, 1.54) is 0 Å². The van der Waals surface area contributed by atoms with Crippen LogP contribution in [0.1, 0.15) is 32.8 Å². The molecular formula is C23H29N3O5. The molecule has 31 heavy (non-hydrogen) atoms. The third-order valence-corrected chi connectivity index (χ3v) is 3.90. The van der Waals surface area contributed by atoms with Gasteiger partial charge in [-0.3, -0.25) is 9.59 Å². The number of hydrogen-bond donors (Lipinski definition) is 3. The Morgan fingerprint density at radius 2 is 1.55 bits per heavy atom. The molecule has 0 aliphatic carbocycles. The maximum Gasteiger partial charge on any atom is 0.408 e. The van der Waals surface area contributed by atoms with Crippen LogP contribution < -0.4 is 20.7 Å². The molecule has 0 saturated heterocycles. The molecule has 0 spiro atoms. The first-order chi connectivity index (χ1) is 14.7. The van der Waals surface area contributed by atoms with Crippen LogP contribution in [0.2, 0.25) is 0 Å². The smallest absolute Gasteiger partial charge is 0.408 e. The third kappa shape index (κ3) is 9.66. The topological polar surface area (TPSA) is 106 Å². The van der Waals surface area contributed by atoms with Crippen LogP contribution in [0, 0.1) is 0 Å². The van der Waals surface area contributed by atoms with E-state index in [-0.39, 0.29) is 37.9 Å². The van der Waals surface area contributed by atoms with Crippen molar-refractivity contribution >= 4 is 23.6 Å². The summed E-state index contributed by atoms with van der Waals surface area (Å²) < 4.78 is 10.6. The van der Waals surface area contributed by atoms with Crippen molar-refractivity contribution in [3.8, 4) is 5.75 Å². The molecule has 2 rings (SSSR count). The van der Waals surface area contributed by atoms with E-state index >= 15 is 0 Å². The van der Waals surface area contributed by atoms with Crippen LogP contribution in [0.5, 0.6) is 5.75 Å². The predicted molar refractivity (Wildman–Crippen MR) is 118 cm³/mol. The van der Waals surface area contributed by atoms with Gasteiger partial charge in [-0.25, -0.2) is 4.79 Å². The second-order valence-corrected chi connectivity index (χ2v) is 7.75. The Kier molecular flexibility index (Phi) is 8.87. The molecule has 0 aromatic heterocycles. The fourth-order valence-electron chi connectivity index (χ4n) is 2.51. The monoisotopic (exact) mass is 427 g/mol. The van der Waals surface area contributed by atoms with Crippen molar-refractivity contribution in [1.82, 2.24) is 10.6 Å². The molecule has 0 saturated carbocycles. The first-order valence-electron chi connectivity index (χ1n) is 10.0. The number of rotatable bonds is 9. The second-order valence-electron chi connectivity index (χ2n) is 7.75. The number of para-hydroxylation sites is 2. The molecule has 3 N–H and O–H groups in total. The van der Waals surface area contributed by atoms with Crippen LogP contribution in [0.15, 0.2) is 54.6 Å². The summed E-state index contributed by atoms with van der Waals surface area (Å²) >= 11 is 0. The normalized spacial score (nSPS) is 10.7. The number of benzene rings is 2. The summed E-state index contributed by atoms with van der Waals surface area (Å²) in [6.07, 6.45) is -0.469. The number of nitrogens with one attached hydrogen (secondary N) is 3. The van der Waals surface area contributed by atoms with Gasteiger partial charge in [0.15, 0.2) is 0 Å². The molecule has 0 unspecified atom stereocenters. The lowest BCUT2D eigenvalue weighted by Gasteiger charge is -2.19. The number of alkyl carbamates (subject to hydrolysis) is 1. The first-order valence-corrected chi connectivity index (χ1v) is 10.0. The standard InChI is InChI=1S/C23H29N3O5/c1-23(2,3)31-22(29)25-16-21(28)24-15-17-9-7-8-12-19(17)26-20(27)13-14-30-18-10-5-4-6-11-18/h4-12H,13-16H2,1-3H3,(H,24,28)(H,25,29)(H,26,27). The van der Waals surface area contributed by atoms with E-state index in [9.17, 15) is 14.4 Å². The van der Waals surface area contributed by atoms with Crippen LogP contribution in [-0.4, -0.2) is 36.7 Å². The maximum absolute atomic E-state index is 12.2. The Labute approximate surface area is 182 Å². The molecule has 0 aliphatic rings. The van der Waals surface area contributed by atoms with Crippen molar-refractivity contribution in [1.29, 1.82) is 0 Å². The molecule has 0 atom stereocenters. The van der Waals surface area contributed by atoms with Gasteiger partial charge in [0.05, 0.1) is 13.0 Å². The van der Waals surface area contributed by atoms with E-state index in [0.717, 1.165) is 5.56 Å². The van der Waals surface area contributed by atoms with Crippen molar-refractivity contribution in [2.24, 2.45) is 0 Å². The molecule has 166 valence electrons. The molecule has 0 aliphatic heterocycles. The zero-order valence-electron chi connectivity index (χ0n) is 18.1. The summed E-state index contributed by atoms with van der Waals surface area (Å²) in [5.41, 5.74) is 0.710. The number of anilines is 1. The highest BCUT2D eigenvalue weighted by Gasteiger charge is 2.16. The van der Waals surface area contributed by atoms with E-state index in [1.54, 1.807) is 39.0 Å². The van der Waals surface area contributed by atoms with Gasteiger partial charge in [0.25, 0.3) is 0 Å². The fourth-order valence-corrected chi connectivity index (χ4v) is 2.51. The molecule has 0 bridgehead atoms. The van der Waals surface area contributed by atoms with Gasteiger partial charge in [-0.15, -0.1) is 0 Å². The molecule has 0 radical (unpaired) electrons. The van der Waals surface area contributed by atoms with E-state index in [0.29, 0.717) is 11.4 Å². The fraction of sp³-hybridized carbons (Fsp3) is 0.348. The predicted octanol–water partition coefficient (Wildman–Crippen LogP) is 3.24. The highest BCUT2D eigenvalue weighted by Crippen LogP contribution is 2.15. The van der Waals surface area contributed by atoms with E-state index in [1.807, 2.05) is 36.4 Å². The largest absolute Gasteiger partial charge is 0.493 e. The molecule has 2 aromatic rings. The SMILES string of the molecule is CC(C)(C)OC(=O)NCC(=O)NCc1ccccc1NC(=O)CCOc1ccccc1. The number of amides is 3. The van der Waals surface area contributed by atoms with Gasteiger partial charge < -0.3 is 25.4 Å². The van der Waals surface area contributed by atoms with Gasteiger partial charge in [-0.05, 0) is 44.5 Å². The Bertz CT molecular complexity index is 878. The number of carbonyl (C=O) groups is 3. The summed E-state index contributed by atoms with van der Waals surface area (Å²) in [4.78, 5) is 35.9. The van der Waals surface area contributed by atoms with Crippen molar-refractivity contribution < 1.29 is 23.9 Å². The lowest BCUT2D eigenvalue weighted by Crippen LogP contribution is -2.39. The van der Waals surface area contributed by atoms with Crippen molar-refractivity contribution in [3.63, 3.8) is 0 Å². The highest BCUT2D eigenvalue weighted by atomic mass is 16.6. The van der Waals surface area contributed by atoms with Crippen molar-refractivity contribution in [3.05, 3.63) is 60.2 Å². The quantitative estimate of drug-likeness (QED) is 0.570. The van der Waals surface area contributed by atoms with Crippen molar-refractivity contribution in [2.45, 2.75) is 39.3 Å². The molecule has 3 amide bonds. The molecule has 0 heterocycles. The molecule has 8 heteroatoms. The van der Waals surface area contributed by atoms with Gasteiger partial charge in [0, 0.05) is 12.2 Å². The Morgan fingerprint density at radius 1 is 0.871 bits per heavy atom. The van der Waals surface area contributed by atoms with E-state index in [2.05, 4.69) is 16.0 Å². The Morgan fingerprint density at radius 3 is 2.26 bits per heavy atom. The number of carbonyl (C=O) groups excluding carboxylic acids is 3. The summed E-state index contributed by atoms with van der Waals surface area (Å²) in [5.74, 6) is 0.142. The minimum atomic E-state index is -0.659. The van der Waals surface area contributed by atoms with Gasteiger partial charge in [-0.2, -0.15) is 0 Å². The van der Waals surface area contributed by atoms with E-state index in [4.69, 9.17) is 9.47 Å². The average Bonchev–Trinajstić information content (AvgIpc) is 2.71. The van der Waals surface area contributed by atoms with Crippen LogP contribution >= 0.6 is 0 Å². The molecule has 2 aromatic carbocycles. The third-order valence-electron chi connectivity index (χ3n) is 3.90. The summed E-state index contributed by atoms with van der Waals surface area (Å²) in [6, 6.07) is 16.4. The van der Waals surface area contributed by atoms with Crippen LogP contribution in [0.3, 0.4) is 0 Å². The first kappa shape index (κ1) is 23.7. The summed E-state index contributed by atoms with van der Waals surface area (Å²) in [6.45, 7) is 5.47. The van der Waals surface area contributed by atoms with Crippen LogP contribution in [0.25, 0.3) is 0 Å². The summed E-state index contributed by atoms with van der Waals surface area (Å²) in [7, 11) is 0. The Balaban J connectivity index is 1.77. The Hall–Kier alpha value is -3.55. The van der Waals surface area contributed by atoms with E-state index < -0.39 is 11.7 Å².